The minimum atomic E-state index is -0.464. The predicted octanol–water partition coefficient (Wildman–Crippen LogP) is 4.75. The summed E-state index contributed by atoms with van der Waals surface area (Å²) in [6, 6.07) is 12.6. The lowest BCUT2D eigenvalue weighted by Crippen LogP contribution is -2.37. The molecule has 0 bridgehead atoms. The number of hydrogen-bond acceptors (Lipinski definition) is 6. The van der Waals surface area contributed by atoms with E-state index in [2.05, 4.69) is 9.88 Å². The van der Waals surface area contributed by atoms with Crippen LogP contribution in [0.5, 0.6) is 5.75 Å². The summed E-state index contributed by atoms with van der Waals surface area (Å²) in [5, 5.41) is 1.03. The normalized spacial score (nSPS) is 15.1. The average Bonchev–Trinajstić information content (AvgIpc) is 2.84. The highest BCUT2D eigenvalue weighted by molar-refractivity contribution is 6.36. The molecule has 1 aliphatic rings. The van der Waals surface area contributed by atoms with Crippen molar-refractivity contribution in [1.82, 2.24) is 9.88 Å². The zero-order chi connectivity index (χ0) is 24.9. The van der Waals surface area contributed by atoms with Gasteiger partial charge in [0.05, 0.1) is 13.2 Å². The lowest BCUT2D eigenvalue weighted by Gasteiger charge is -2.27. The fourth-order valence-corrected chi connectivity index (χ4v) is 4.89. The van der Waals surface area contributed by atoms with Crippen LogP contribution in [0, 0.1) is 0 Å². The Morgan fingerprint density at radius 1 is 1.17 bits per heavy atom. The molecule has 1 amide bonds. The summed E-state index contributed by atoms with van der Waals surface area (Å²) in [4.78, 5) is 18.5. The third-order valence-corrected chi connectivity index (χ3v) is 6.75. The number of amides is 1. The average molecular weight is 515 g/mol. The van der Waals surface area contributed by atoms with Crippen molar-refractivity contribution in [3.8, 4) is 16.9 Å². The van der Waals surface area contributed by atoms with Gasteiger partial charge >= 0.3 is 0 Å². The third-order valence-electron chi connectivity index (χ3n) is 6.09. The van der Waals surface area contributed by atoms with Crippen molar-refractivity contribution in [3.05, 3.63) is 75.4 Å². The quantitative estimate of drug-likeness (QED) is 0.449. The van der Waals surface area contributed by atoms with Crippen LogP contribution in [0.1, 0.15) is 34.5 Å². The second-order valence-corrected chi connectivity index (χ2v) is 9.26. The first-order valence-electron chi connectivity index (χ1n) is 11.4. The molecule has 0 saturated carbocycles. The van der Waals surface area contributed by atoms with Gasteiger partial charge in [-0.15, -0.1) is 0 Å². The minimum absolute atomic E-state index is 0.257. The molecular weight excluding hydrogens is 487 g/mol. The van der Waals surface area contributed by atoms with Crippen molar-refractivity contribution in [3.63, 3.8) is 0 Å². The van der Waals surface area contributed by atoms with Crippen molar-refractivity contribution >= 4 is 34.9 Å². The van der Waals surface area contributed by atoms with Gasteiger partial charge in [-0.25, -0.2) is 4.98 Å². The number of carbonyl (C=O) groups is 1. The first-order valence-corrected chi connectivity index (χ1v) is 12.2. The zero-order valence-corrected chi connectivity index (χ0v) is 21.0. The van der Waals surface area contributed by atoms with E-state index in [1.54, 1.807) is 30.5 Å². The van der Waals surface area contributed by atoms with Crippen LogP contribution in [0.3, 0.4) is 0 Å². The number of primary amides is 1. The van der Waals surface area contributed by atoms with Gasteiger partial charge in [-0.05, 0) is 54.8 Å². The van der Waals surface area contributed by atoms with Crippen LogP contribution < -0.4 is 16.2 Å². The number of nitrogens with zero attached hydrogens (tertiary/aromatic N) is 2. The van der Waals surface area contributed by atoms with E-state index >= 15 is 0 Å². The number of anilines is 1. The Labute approximate surface area is 214 Å². The first kappa shape index (κ1) is 25.3. The molecule has 0 aliphatic carbocycles. The van der Waals surface area contributed by atoms with Crippen molar-refractivity contribution in [1.29, 1.82) is 0 Å². The number of aromatic nitrogens is 1. The summed E-state index contributed by atoms with van der Waals surface area (Å²) in [7, 11) is 0. The Morgan fingerprint density at radius 3 is 2.57 bits per heavy atom. The monoisotopic (exact) mass is 514 g/mol. The molecule has 35 heavy (non-hydrogen) atoms. The molecule has 7 nitrogen and oxygen atoms in total. The van der Waals surface area contributed by atoms with Crippen LogP contribution in [0.15, 0.2) is 48.7 Å². The van der Waals surface area contributed by atoms with Crippen molar-refractivity contribution in [2.24, 2.45) is 5.73 Å². The molecular formula is C26H28Cl2N4O3. The zero-order valence-electron chi connectivity index (χ0n) is 19.5. The Morgan fingerprint density at radius 2 is 1.89 bits per heavy atom. The molecule has 2 heterocycles. The van der Waals surface area contributed by atoms with Crippen molar-refractivity contribution in [2.45, 2.75) is 19.4 Å². The molecule has 1 aliphatic heterocycles. The second-order valence-electron chi connectivity index (χ2n) is 8.44. The van der Waals surface area contributed by atoms with E-state index in [0.29, 0.717) is 26.9 Å². The topological polar surface area (TPSA) is 104 Å². The number of nitrogen functional groups attached to an aromatic ring is 1. The van der Waals surface area contributed by atoms with Gasteiger partial charge < -0.3 is 20.9 Å². The fraction of sp³-hybridized carbons (Fsp3) is 0.308. The van der Waals surface area contributed by atoms with Gasteiger partial charge in [0, 0.05) is 52.6 Å². The highest BCUT2D eigenvalue weighted by Crippen LogP contribution is 2.36. The second kappa shape index (κ2) is 11.3. The van der Waals surface area contributed by atoms with Crippen molar-refractivity contribution < 1.29 is 14.3 Å². The molecule has 1 atom stereocenters. The van der Waals surface area contributed by atoms with E-state index in [4.69, 9.17) is 44.1 Å². The van der Waals surface area contributed by atoms with Gasteiger partial charge in [-0.1, -0.05) is 35.3 Å². The molecule has 1 fully saturated rings. The number of morpholine rings is 1. The third kappa shape index (κ3) is 6.05. The largest absolute Gasteiger partial charge is 0.482 e. The first-order chi connectivity index (χ1) is 16.8. The standard InChI is InChI=1S/C26H28Cl2N4O3/c1-16(24-21(27)3-2-4-22(24)28)35-23-14-19(15-31-25(23)29)20-6-5-18(26(30)33)13-17(20)7-8-32-9-11-34-12-10-32/h2-6,13-16H,7-12H2,1H3,(H2,29,31)(H2,30,33). The maximum absolute atomic E-state index is 11.8. The molecule has 0 radical (unpaired) electrons. The van der Waals surface area contributed by atoms with Crippen LogP contribution in [0.4, 0.5) is 5.82 Å². The Balaban J connectivity index is 1.63. The Hall–Kier alpha value is -2.84. The van der Waals surface area contributed by atoms with Crippen molar-refractivity contribution in [2.75, 3.05) is 38.6 Å². The van der Waals surface area contributed by atoms with Gasteiger partial charge in [0.2, 0.25) is 5.91 Å². The Kier molecular flexibility index (Phi) is 8.13. The lowest BCUT2D eigenvalue weighted by atomic mass is 9.96. The molecule has 3 aromatic rings. The summed E-state index contributed by atoms with van der Waals surface area (Å²) >= 11 is 12.7. The van der Waals surface area contributed by atoms with E-state index in [0.717, 1.165) is 56.0 Å². The molecule has 0 spiro atoms. The molecule has 2 aromatic carbocycles. The van der Waals surface area contributed by atoms with Crippen LogP contribution in [0.2, 0.25) is 10.0 Å². The van der Waals surface area contributed by atoms with Crippen LogP contribution in [-0.4, -0.2) is 48.6 Å². The Bertz CT molecular complexity index is 1190. The highest BCUT2D eigenvalue weighted by atomic mass is 35.5. The number of halogens is 2. The van der Waals surface area contributed by atoms with Gasteiger partial charge in [-0.2, -0.15) is 0 Å². The summed E-state index contributed by atoms with van der Waals surface area (Å²) < 4.78 is 11.6. The van der Waals surface area contributed by atoms with E-state index < -0.39 is 12.0 Å². The van der Waals surface area contributed by atoms with Crippen LogP contribution >= 0.6 is 23.2 Å². The number of benzene rings is 2. The van der Waals surface area contributed by atoms with Crippen LogP contribution in [0.25, 0.3) is 11.1 Å². The maximum Gasteiger partial charge on any atom is 0.248 e. The number of hydrogen-bond donors (Lipinski definition) is 2. The summed E-state index contributed by atoms with van der Waals surface area (Å²) in [6.07, 6.45) is 1.99. The molecule has 184 valence electrons. The fourth-order valence-electron chi connectivity index (χ4n) is 4.18. The molecule has 9 heteroatoms. The number of pyridine rings is 1. The summed E-state index contributed by atoms with van der Waals surface area (Å²) in [5.74, 6) is 0.213. The molecule has 4 rings (SSSR count). The summed E-state index contributed by atoms with van der Waals surface area (Å²) in [5.41, 5.74) is 15.6. The van der Waals surface area contributed by atoms with Gasteiger partial charge in [0.1, 0.15) is 6.10 Å². The SMILES string of the molecule is CC(Oc1cc(-c2ccc(C(N)=O)cc2CCN2CCOCC2)cnc1N)c1c(Cl)cccc1Cl. The number of nitrogens with two attached hydrogens (primary N) is 2. The van der Waals surface area contributed by atoms with Gasteiger partial charge in [0.15, 0.2) is 11.6 Å². The number of ether oxygens (including phenoxy) is 2. The molecule has 4 N–H and O–H groups in total. The van der Waals surface area contributed by atoms with E-state index in [-0.39, 0.29) is 5.82 Å². The van der Waals surface area contributed by atoms with Crippen LogP contribution in [-0.2, 0) is 11.2 Å². The van der Waals surface area contributed by atoms with E-state index in [9.17, 15) is 4.79 Å². The minimum Gasteiger partial charge on any atom is -0.482 e. The highest BCUT2D eigenvalue weighted by Gasteiger charge is 2.19. The molecule has 1 aromatic heterocycles. The van der Waals surface area contributed by atoms with E-state index in [1.165, 1.54) is 0 Å². The molecule has 1 unspecified atom stereocenters. The maximum atomic E-state index is 11.8. The predicted molar refractivity (Wildman–Crippen MR) is 139 cm³/mol. The van der Waals surface area contributed by atoms with E-state index in [1.807, 2.05) is 25.1 Å². The van der Waals surface area contributed by atoms with Gasteiger partial charge in [0.25, 0.3) is 0 Å². The number of carbonyl (C=O) groups excluding carboxylic acids is 1. The smallest absolute Gasteiger partial charge is 0.248 e. The number of rotatable bonds is 8. The lowest BCUT2D eigenvalue weighted by molar-refractivity contribution is 0.0384. The molecule has 1 saturated heterocycles. The summed E-state index contributed by atoms with van der Waals surface area (Å²) in [6.45, 7) is 5.92. The van der Waals surface area contributed by atoms with Gasteiger partial charge in [-0.3, -0.25) is 9.69 Å².